The van der Waals surface area contributed by atoms with E-state index in [1.54, 1.807) is 12.8 Å². The topological polar surface area (TPSA) is 54.4 Å². The molecule has 0 heterocycles. The van der Waals surface area contributed by atoms with E-state index in [1.807, 2.05) is 0 Å². The van der Waals surface area contributed by atoms with Crippen LogP contribution in [0, 0.1) is 5.92 Å². The Morgan fingerprint density at radius 3 is 1.33 bits per heavy atom. The fraction of sp³-hybridized carbons (Fsp3) is 1.00. The van der Waals surface area contributed by atoms with Gasteiger partial charge in [0.25, 0.3) is 10.1 Å². The molecule has 30 heavy (non-hydrogen) atoms. The van der Waals surface area contributed by atoms with Gasteiger partial charge in [-0.05, 0) is 12.8 Å². The van der Waals surface area contributed by atoms with Crippen molar-refractivity contribution in [2.45, 2.75) is 142 Å². The summed E-state index contributed by atoms with van der Waals surface area (Å²) in [4.78, 5) is 0. The monoisotopic (exact) mass is 474 g/mol. The van der Waals surface area contributed by atoms with Gasteiger partial charge >= 0.3 is 29.6 Å². The molecule has 1 rings (SSSR count). The first kappa shape index (κ1) is 35.8. The summed E-state index contributed by atoms with van der Waals surface area (Å²) < 4.78 is 26.9. The quantitative estimate of drug-likeness (QED) is 0.112. The third-order valence-corrected chi connectivity index (χ3v) is 6.79. The second-order valence-electron chi connectivity index (χ2n) is 8.76. The van der Waals surface area contributed by atoms with Gasteiger partial charge in [-0.3, -0.25) is 4.55 Å². The number of hydrogen-bond donors (Lipinski definition) is 1. The predicted molar refractivity (Wildman–Crippen MR) is 132 cm³/mol. The van der Waals surface area contributed by atoms with Crippen molar-refractivity contribution < 1.29 is 42.5 Å². The van der Waals surface area contributed by atoms with Crippen LogP contribution in [0.1, 0.15) is 142 Å². The summed E-state index contributed by atoms with van der Waals surface area (Å²) in [6.07, 6.45) is 29.9. The summed E-state index contributed by atoms with van der Waals surface area (Å²) >= 11 is 0. The van der Waals surface area contributed by atoms with Crippen LogP contribution in [0.3, 0.4) is 0 Å². The van der Waals surface area contributed by atoms with Gasteiger partial charge in [0.15, 0.2) is 0 Å². The minimum absolute atomic E-state index is 0. The molecule has 178 valence electrons. The van der Waals surface area contributed by atoms with Crippen LogP contribution in [0.25, 0.3) is 0 Å². The van der Waals surface area contributed by atoms with Crippen LogP contribution in [0.4, 0.5) is 0 Å². The molecule has 0 aromatic heterocycles. The summed E-state index contributed by atoms with van der Waals surface area (Å²) in [5, 5.41) is 0. The molecule has 0 aromatic rings. The molecule has 0 bridgehead atoms. The van der Waals surface area contributed by atoms with Crippen LogP contribution >= 0.6 is 0 Å². The minimum atomic E-state index is -3.66. The Hall–Kier alpha value is 1.26. The minimum Gasteiger partial charge on any atom is -0.813 e. The van der Waals surface area contributed by atoms with Crippen molar-refractivity contribution in [3.63, 3.8) is 0 Å². The van der Waals surface area contributed by atoms with Crippen molar-refractivity contribution in [3.8, 4) is 0 Å². The molecule has 0 saturated heterocycles. The Balaban J connectivity index is -0.000000799. The maximum absolute atomic E-state index is 9.56. The Morgan fingerprint density at radius 1 is 0.667 bits per heavy atom. The summed E-state index contributed by atoms with van der Waals surface area (Å²) in [5.74, 6) is 0.901. The Bertz CT molecular complexity index is 411. The molecular weight excluding hydrogens is 423 g/mol. The summed E-state index contributed by atoms with van der Waals surface area (Å²) in [6.45, 7) is 3.67. The number of rotatable bonds is 16. The summed E-state index contributed by atoms with van der Waals surface area (Å²) in [5.41, 5.74) is 0. The van der Waals surface area contributed by atoms with E-state index in [0.717, 1.165) is 5.92 Å². The first-order valence-corrected chi connectivity index (χ1v) is 14.1. The van der Waals surface area contributed by atoms with Crippen LogP contribution in [0.5, 0.6) is 0 Å². The fourth-order valence-electron chi connectivity index (χ4n) is 4.10. The molecule has 0 spiro atoms. The van der Waals surface area contributed by atoms with E-state index in [9.17, 15) is 8.42 Å². The molecule has 3 nitrogen and oxygen atoms in total. The third-order valence-electron chi connectivity index (χ3n) is 6.06. The molecule has 1 aliphatic carbocycles. The molecule has 0 radical (unpaired) electrons. The van der Waals surface area contributed by atoms with E-state index in [-0.39, 0.29) is 48.8 Å². The molecule has 1 saturated carbocycles. The molecular formula is C24H51NaO3S2. The van der Waals surface area contributed by atoms with Crippen molar-refractivity contribution in [2.75, 3.05) is 5.75 Å². The van der Waals surface area contributed by atoms with E-state index in [0.29, 0.717) is 0 Å². The van der Waals surface area contributed by atoms with Gasteiger partial charge < -0.3 is 13.5 Å². The van der Waals surface area contributed by atoms with Gasteiger partial charge in [-0.25, -0.2) is 0 Å². The fourth-order valence-corrected chi connectivity index (χ4v) is 4.10. The average Bonchev–Trinajstić information content (AvgIpc) is 2.69. The first-order chi connectivity index (χ1) is 13.5. The van der Waals surface area contributed by atoms with Gasteiger partial charge in [0, 0.05) is 0 Å². The first-order valence-electron chi connectivity index (χ1n) is 12.4. The van der Waals surface area contributed by atoms with Crippen LogP contribution in [0.15, 0.2) is 0 Å². The van der Waals surface area contributed by atoms with Gasteiger partial charge in [0.05, 0.1) is 5.75 Å². The molecule has 1 aliphatic rings. The number of hydrogen-bond acceptors (Lipinski definition) is 3. The van der Waals surface area contributed by atoms with Crippen LogP contribution in [-0.4, -0.2) is 18.7 Å². The second kappa shape index (κ2) is 26.5. The van der Waals surface area contributed by atoms with E-state index >= 15 is 0 Å². The zero-order valence-electron chi connectivity index (χ0n) is 20.5. The van der Waals surface area contributed by atoms with Gasteiger partial charge in [-0.1, -0.05) is 135 Å². The molecule has 0 amide bonds. The van der Waals surface area contributed by atoms with E-state index in [2.05, 4.69) is 6.92 Å². The van der Waals surface area contributed by atoms with Gasteiger partial charge in [-0.2, -0.15) is 8.42 Å². The predicted octanol–water partition coefficient (Wildman–Crippen LogP) is 5.07. The Labute approximate surface area is 218 Å². The number of unbranched alkanes of at least 4 members (excludes halogenated alkanes) is 13. The van der Waals surface area contributed by atoms with Crippen molar-refractivity contribution in [1.82, 2.24) is 0 Å². The zero-order valence-corrected chi connectivity index (χ0v) is 24.3. The van der Waals surface area contributed by atoms with Gasteiger partial charge in [0.1, 0.15) is 0 Å². The Kier molecular flexibility index (Phi) is 31.7. The second-order valence-corrected chi connectivity index (χ2v) is 10.5. The van der Waals surface area contributed by atoms with Crippen molar-refractivity contribution in [3.05, 3.63) is 0 Å². The van der Waals surface area contributed by atoms with Gasteiger partial charge in [-0.15, -0.1) is 0 Å². The van der Waals surface area contributed by atoms with Crippen molar-refractivity contribution >= 4 is 23.6 Å². The van der Waals surface area contributed by atoms with Crippen molar-refractivity contribution in [1.29, 1.82) is 0 Å². The van der Waals surface area contributed by atoms with Gasteiger partial charge in [0.2, 0.25) is 0 Å². The number of thiol groups is 1. The SMILES string of the molecule is CCCCCCCCCCCCCCCCC1CCCCC1.CCS(=O)(=O)O.[Na+].[SH-]. The standard InChI is InChI=1S/C22H44.C2H6O3S.Na.H2S/c1-2-3-4-5-6-7-8-9-10-11-12-13-14-16-19-22-20-17-15-18-21-22;1-2-6(3,4)5;;/h22H,2-21H2,1H3;2H2,1H3,(H,3,4,5);;1H2/q;;+1;/p-1. The van der Waals surface area contributed by atoms with Crippen LogP contribution in [-0.2, 0) is 23.6 Å². The molecule has 0 atom stereocenters. The van der Waals surface area contributed by atoms with Crippen molar-refractivity contribution in [2.24, 2.45) is 5.92 Å². The normalized spacial score (nSPS) is 14.2. The maximum atomic E-state index is 9.56. The largest absolute Gasteiger partial charge is 1.00 e. The molecule has 1 fully saturated rings. The van der Waals surface area contributed by atoms with Crippen LogP contribution < -0.4 is 29.6 Å². The van der Waals surface area contributed by atoms with E-state index in [4.69, 9.17) is 4.55 Å². The molecule has 0 unspecified atom stereocenters. The van der Waals surface area contributed by atoms with E-state index < -0.39 is 10.1 Å². The molecule has 0 aliphatic heterocycles. The average molecular weight is 475 g/mol. The zero-order chi connectivity index (χ0) is 20.9. The van der Waals surface area contributed by atoms with Crippen LogP contribution in [0.2, 0.25) is 0 Å². The molecule has 1 N–H and O–H groups in total. The molecule has 0 aromatic carbocycles. The maximum Gasteiger partial charge on any atom is 1.00 e. The summed E-state index contributed by atoms with van der Waals surface area (Å²) in [6, 6.07) is 0. The van der Waals surface area contributed by atoms with E-state index in [1.165, 1.54) is 122 Å². The molecule has 6 heteroatoms. The smallest absolute Gasteiger partial charge is 0.813 e. The Morgan fingerprint density at radius 2 is 1.00 bits per heavy atom. The third kappa shape index (κ3) is 29.3. The summed E-state index contributed by atoms with van der Waals surface area (Å²) in [7, 11) is -3.66.